The van der Waals surface area contributed by atoms with Crippen LogP contribution in [0.5, 0.6) is 0 Å². The van der Waals surface area contributed by atoms with E-state index in [4.69, 9.17) is 0 Å². The molecule has 2 aliphatic heterocycles. The van der Waals surface area contributed by atoms with Gasteiger partial charge in [-0.3, -0.25) is 9.69 Å². The number of carbonyl (C=O) groups is 1. The molecular weight excluding hydrogens is 350 g/mol. The molecule has 2 aliphatic rings. The van der Waals surface area contributed by atoms with Crippen LogP contribution in [-0.4, -0.2) is 65.4 Å². The number of anilines is 1. The van der Waals surface area contributed by atoms with Gasteiger partial charge in [0.2, 0.25) is 11.9 Å². The number of fused-ring (bicyclic) bond motifs is 1. The molecule has 0 spiro atoms. The van der Waals surface area contributed by atoms with Crippen LogP contribution in [0.2, 0.25) is 0 Å². The molecule has 3 heterocycles. The number of benzene rings is 1. The Morgan fingerprint density at radius 2 is 1.93 bits per heavy atom. The Morgan fingerprint density at radius 3 is 2.61 bits per heavy atom. The van der Waals surface area contributed by atoms with Gasteiger partial charge in [-0.1, -0.05) is 29.8 Å². The van der Waals surface area contributed by atoms with Crippen molar-refractivity contribution in [2.75, 3.05) is 38.6 Å². The van der Waals surface area contributed by atoms with Crippen molar-refractivity contribution in [2.24, 2.45) is 5.41 Å². The molecule has 2 saturated heterocycles. The third-order valence-electron chi connectivity index (χ3n) is 6.14. The molecule has 4 rings (SSSR count). The van der Waals surface area contributed by atoms with E-state index >= 15 is 0 Å². The van der Waals surface area contributed by atoms with Crippen molar-refractivity contribution < 1.29 is 4.79 Å². The van der Waals surface area contributed by atoms with Gasteiger partial charge in [-0.2, -0.15) is 0 Å². The first-order chi connectivity index (χ1) is 13.5. The van der Waals surface area contributed by atoms with Crippen molar-refractivity contribution in [3.63, 3.8) is 0 Å². The lowest BCUT2D eigenvalue weighted by molar-refractivity contribution is -0.140. The molecule has 2 aromatic rings. The average molecular weight is 380 g/mol. The van der Waals surface area contributed by atoms with Crippen LogP contribution in [-0.2, 0) is 11.3 Å². The Bertz CT molecular complexity index is 823. The van der Waals surface area contributed by atoms with E-state index < -0.39 is 5.41 Å². The fourth-order valence-electron chi connectivity index (χ4n) is 4.86. The summed E-state index contributed by atoms with van der Waals surface area (Å²) in [5.41, 5.74) is 2.16. The molecule has 0 N–H and O–H groups in total. The number of carbonyl (C=O) groups excluding carboxylic acids is 1. The largest absolute Gasteiger partial charge is 0.348 e. The van der Waals surface area contributed by atoms with Gasteiger partial charge in [0.25, 0.3) is 0 Å². The minimum Gasteiger partial charge on any atom is -0.348 e. The van der Waals surface area contributed by atoms with E-state index in [1.165, 1.54) is 11.1 Å². The second-order valence-electron chi connectivity index (χ2n) is 8.37. The zero-order chi connectivity index (χ0) is 19.7. The monoisotopic (exact) mass is 379 g/mol. The molecule has 0 saturated carbocycles. The van der Waals surface area contributed by atoms with E-state index in [-0.39, 0.29) is 11.9 Å². The van der Waals surface area contributed by atoms with Crippen molar-refractivity contribution >= 4 is 11.9 Å². The van der Waals surface area contributed by atoms with Crippen LogP contribution in [0.15, 0.2) is 42.7 Å². The van der Waals surface area contributed by atoms with Crippen LogP contribution < -0.4 is 4.90 Å². The molecule has 1 aromatic heterocycles. The lowest BCUT2D eigenvalue weighted by Gasteiger charge is -2.45. The quantitative estimate of drug-likeness (QED) is 0.816. The predicted molar refractivity (Wildman–Crippen MR) is 110 cm³/mol. The van der Waals surface area contributed by atoms with Gasteiger partial charge in [-0.05, 0) is 31.4 Å². The van der Waals surface area contributed by atoms with Crippen LogP contribution in [0.1, 0.15) is 24.0 Å². The Hall–Kier alpha value is -2.47. The summed E-state index contributed by atoms with van der Waals surface area (Å²) in [6.45, 7) is 5.51. The van der Waals surface area contributed by atoms with Gasteiger partial charge in [0.05, 0.1) is 11.5 Å². The first-order valence-corrected chi connectivity index (χ1v) is 10.0. The molecule has 28 heavy (non-hydrogen) atoms. The number of hydrogen-bond donors (Lipinski definition) is 0. The number of likely N-dealkylation sites (tertiary alicyclic amines) is 1. The minimum absolute atomic E-state index is 0.101. The van der Waals surface area contributed by atoms with Crippen molar-refractivity contribution in [1.29, 1.82) is 0 Å². The molecule has 148 valence electrons. The maximum Gasteiger partial charge on any atom is 0.231 e. The second kappa shape index (κ2) is 7.51. The Labute approximate surface area is 167 Å². The molecule has 1 aromatic carbocycles. The van der Waals surface area contributed by atoms with Gasteiger partial charge in [0, 0.05) is 52.7 Å². The fraction of sp³-hybridized carbons (Fsp3) is 0.500. The van der Waals surface area contributed by atoms with Gasteiger partial charge in [-0.15, -0.1) is 0 Å². The summed E-state index contributed by atoms with van der Waals surface area (Å²) in [7, 11) is 3.74. The zero-order valence-corrected chi connectivity index (χ0v) is 17.0. The molecule has 1 amide bonds. The second-order valence-corrected chi connectivity index (χ2v) is 8.37. The highest BCUT2D eigenvalue weighted by Gasteiger charge is 2.56. The molecule has 0 bridgehead atoms. The number of rotatable bonds is 4. The highest BCUT2D eigenvalue weighted by Crippen LogP contribution is 2.44. The topological polar surface area (TPSA) is 52.6 Å². The SMILES string of the molecule is Cc1ccc(CN2C[C@H]3N(c4ncccn4)CCC[C@@]3(C(=O)N(C)C)C2)cc1. The van der Waals surface area contributed by atoms with Gasteiger partial charge < -0.3 is 9.80 Å². The summed E-state index contributed by atoms with van der Waals surface area (Å²) in [6.07, 6.45) is 5.46. The number of hydrogen-bond acceptors (Lipinski definition) is 5. The summed E-state index contributed by atoms with van der Waals surface area (Å²) in [4.78, 5) is 28.8. The summed E-state index contributed by atoms with van der Waals surface area (Å²) < 4.78 is 0. The van der Waals surface area contributed by atoms with E-state index in [2.05, 4.69) is 51.0 Å². The van der Waals surface area contributed by atoms with Crippen molar-refractivity contribution in [1.82, 2.24) is 19.8 Å². The minimum atomic E-state index is -0.397. The van der Waals surface area contributed by atoms with Gasteiger partial charge >= 0.3 is 0 Å². The highest BCUT2D eigenvalue weighted by atomic mass is 16.2. The van der Waals surface area contributed by atoms with Crippen LogP contribution in [0.4, 0.5) is 5.95 Å². The van der Waals surface area contributed by atoms with Crippen LogP contribution in [0.25, 0.3) is 0 Å². The molecule has 0 unspecified atom stereocenters. The lowest BCUT2D eigenvalue weighted by atomic mass is 9.74. The van der Waals surface area contributed by atoms with Crippen molar-refractivity contribution in [2.45, 2.75) is 32.4 Å². The highest BCUT2D eigenvalue weighted by molar-refractivity contribution is 5.85. The number of aryl methyl sites for hydroxylation is 1. The summed E-state index contributed by atoms with van der Waals surface area (Å²) >= 11 is 0. The normalized spacial score (nSPS) is 24.8. The third kappa shape index (κ3) is 3.37. The molecule has 6 nitrogen and oxygen atoms in total. The Balaban J connectivity index is 1.64. The van der Waals surface area contributed by atoms with Gasteiger partial charge in [-0.25, -0.2) is 9.97 Å². The molecule has 2 atom stereocenters. The van der Waals surface area contributed by atoms with Crippen molar-refractivity contribution in [3.8, 4) is 0 Å². The van der Waals surface area contributed by atoms with Crippen LogP contribution in [0, 0.1) is 12.3 Å². The Morgan fingerprint density at radius 1 is 1.21 bits per heavy atom. The molecule has 0 radical (unpaired) electrons. The van der Waals surface area contributed by atoms with Crippen LogP contribution >= 0.6 is 0 Å². The van der Waals surface area contributed by atoms with E-state index in [9.17, 15) is 4.79 Å². The Kier molecular flexibility index (Phi) is 5.06. The summed E-state index contributed by atoms with van der Waals surface area (Å²) in [5, 5.41) is 0. The fourth-order valence-corrected chi connectivity index (χ4v) is 4.86. The van der Waals surface area contributed by atoms with E-state index in [0.29, 0.717) is 0 Å². The lowest BCUT2D eigenvalue weighted by Crippen LogP contribution is -2.58. The maximum atomic E-state index is 13.4. The number of aromatic nitrogens is 2. The zero-order valence-electron chi connectivity index (χ0n) is 17.0. The van der Waals surface area contributed by atoms with E-state index in [0.717, 1.165) is 45.0 Å². The summed E-state index contributed by atoms with van der Waals surface area (Å²) in [6, 6.07) is 10.6. The smallest absolute Gasteiger partial charge is 0.231 e. The van der Waals surface area contributed by atoms with Crippen LogP contribution in [0.3, 0.4) is 0 Å². The molecule has 6 heteroatoms. The summed E-state index contributed by atoms with van der Waals surface area (Å²) in [5.74, 6) is 0.963. The standard InChI is InChI=1S/C22H29N5O/c1-17-6-8-18(9-7-17)14-26-15-19-22(16-26,20(28)25(2)3)10-4-13-27(19)21-23-11-5-12-24-21/h5-9,11-12,19H,4,10,13-16H2,1-3H3/t19-,22-/m1/s1. The molecule has 2 fully saturated rings. The predicted octanol–water partition coefficient (Wildman–Crippen LogP) is 2.34. The first kappa shape index (κ1) is 18.9. The number of piperidine rings is 1. The molecule has 0 aliphatic carbocycles. The van der Waals surface area contributed by atoms with E-state index in [1.54, 1.807) is 17.3 Å². The number of nitrogens with zero attached hydrogens (tertiary/aromatic N) is 5. The first-order valence-electron chi connectivity index (χ1n) is 10.0. The van der Waals surface area contributed by atoms with E-state index in [1.807, 2.05) is 20.2 Å². The van der Waals surface area contributed by atoms with Crippen molar-refractivity contribution in [3.05, 3.63) is 53.9 Å². The average Bonchev–Trinajstić information content (AvgIpc) is 3.09. The third-order valence-corrected chi connectivity index (χ3v) is 6.14. The molecular formula is C22H29N5O. The number of amides is 1. The van der Waals surface area contributed by atoms with Gasteiger partial charge in [0.1, 0.15) is 0 Å². The maximum absolute atomic E-state index is 13.4. The van der Waals surface area contributed by atoms with Gasteiger partial charge in [0.15, 0.2) is 0 Å².